The van der Waals surface area contributed by atoms with Crippen LogP contribution in [-0.2, 0) is 5.60 Å². The SMILES string of the molecule is CC(C)C(O)(c1cncnc1)C1CCCCC1. The van der Waals surface area contributed by atoms with E-state index in [0.717, 1.165) is 18.4 Å². The lowest BCUT2D eigenvalue weighted by Crippen LogP contribution is -2.41. The molecule has 0 radical (unpaired) electrons. The van der Waals surface area contributed by atoms with Crippen molar-refractivity contribution in [1.29, 1.82) is 0 Å². The summed E-state index contributed by atoms with van der Waals surface area (Å²) in [6.07, 6.45) is 11.0. The average Bonchev–Trinajstić information content (AvgIpc) is 2.39. The first-order valence-corrected chi connectivity index (χ1v) is 6.63. The van der Waals surface area contributed by atoms with Crippen molar-refractivity contribution in [3.63, 3.8) is 0 Å². The fourth-order valence-corrected chi connectivity index (χ4v) is 3.09. The van der Waals surface area contributed by atoms with Gasteiger partial charge >= 0.3 is 0 Å². The summed E-state index contributed by atoms with van der Waals surface area (Å²) in [5.41, 5.74) is 0.115. The van der Waals surface area contributed by atoms with E-state index in [1.54, 1.807) is 12.4 Å². The molecule has 0 amide bonds. The Bertz CT molecular complexity index is 346. The van der Waals surface area contributed by atoms with Crippen LogP contribution in [0.1, 0.15) is 51.5 Å². The van der Waals surface area contributed by atoms with E-state index in [-0.39, 0.29) is 5.92 Å². The molecule has 3 heteroatoms. The second-order valence-electron chi connectivity index (χ2n) is 5.44. The molecule has 1 saturated carbocycles. The molecular formula is C14H22N2O. The Morgan fingerprint density at radius 1 is 1.18 bits per heavy atom. The van der Waals surface area contributed by atoms with Crippen LogP contribution >= 0.6 is 0 Å². The molecule has 3 nitrogen and oxygen atoms in total. The topological polar surface area (TPSA) is 46.0 Å². The Morgan fingerprint density at radius 2 is 1.76 bits per heavy atom. The molecule has 1 unspecified atom stereocenters. The summed E-state index contributed by atoms with van der Waals surface area (Å²) in [4.78, 5) is 8.11. The number of nitrogens with zero attached hydrogens (tertiary/aromatic N) is 2. The standard InChI is InChI=1S/C14H22N2O/c1-11(2)14(17,12-6-4-3-5-7-12)13-8-15-10-16-9-13/h8-12,17H,3-7H2,1-2H3. The maximum absolute atomic E-state index is 11.1. The van der Waals surface area contributed by atoms with E-state index in [0.29, 0.717) is 5.92 Å². The Balaban J connectivity index is 2.31. The number of hydrogen-bond donors (Lipinski definition) is 1. The highest BCUT2D eigenvalue weighted by Gasteiger charge is 2.41. The van der Waals surface area contributed by atoms with Gasteiger partial charge in [-0.1, -0.05) is 33.1 Å². The number of rotatable bonds is 3. The molecule has 1 aromatic heterocycles. The highest BCUT2D eigenvalue weighted by atomic mass is 16.3. The van der Waals surface area contributed by atoms with Gasteiger partial charge in [-0.2, -0.15) is 0 Å². The second-order valence-corrected chi connectivity index (χ2v) is 5.44. The fraction of sp³-hybridized carbons (Fsp3) is 0.714. The summed E-state index contributed by atoms with van der Waals surface area (Å²) in [5.74, 6) is 0.541. The van der Waals surface area contributed by atoms with E-state index in [1.165, 1.54) is 25.6 Å². The van der Waals surface area contributed by atoms with Gasteiger partial charge in [-0.25, -0.2) is 9.97 Å². The minimum absolute atomic E-state index is 0.191. The van der Waals surface area contributed by atoms with Crippen molar-refractivity contribution in [3.8, 4) is 0 Å². The molecule has 94 valence electrons. The van der Waals surface area contributed by atoms with E-state index < -0.39 is 5.60 Å². The zero-order valence-corrected chi connectivity index (χ0v) is 10.8. The monoisotopic (exact) mass is 234 g/mol. The maximum atomic E-state index is 11.1. The van der Waals surface area contributed by atoms with Gasteiger partial charge in [0.2, 0.25) is 0 Å². The van der Waals surface area contributed by atoms with Crippen LogP contribution in [0.2, 0.25) is 0 Å². The van der Waals surface area contributed by atoms with Crippen LogP contribution in [0.3, 0.4) is 0 Å². The average molecular weight is 234 g/mol. The molecule has 0 bridgehead atoms. The van der Waals surface area contributed by atoms with Crippen LogP contribution < -0.4 is 0 Å². The van der Waals surface area contributed by atoms with Crippen LogP contribution in [0.4, 0.5) is 0 Å². The number of hydrogen-bond acceptors (Lipinski definition) is 3. The first kappa shape index (κ1) is 12.5. The summed E-state index contributed by atoms with van der Waals surface area (Å²) in [7, 11) is 0. The van der Waals surface area contributed by atoms with Crippen LogP contribution in [-0.4, -0.2) is 15.1 Å². The molecule has 0 spiro atoms. The van der Waals surface area contributed by atoms with Gasteiger partial charge in [0, 0.05) is 18.0 Å². The molecule has 17 heavy (non-hydrogen) atoms. The first-order chi connectivity index (χ1) is 8.15. The van der Waals surface area contributed by atoms with Crippen molar-refractivity contribution in [1.82, 2.24) is 9.97 Å². The molecule has 1 atom stereocenters. The number of aromatic nitrogens is 2. The Hall–Kier alpha value is -0.960. The highest BCUT2D eigenvalue weighted by molar-refractivity contribution is 5.17. The normalized spacial score (nSPS) is 21.4. The summed E-state index contributed by atoms with van der Waals surface area (Å²) < 4.78 is 0. The van der Waals surface area contributed by atoms with Gasteiger partial charge in [0.1, 0.15) is 6.33 Å². The van der Waals surface area contributed by atoms with Gasteiger partial charge < -0.3 is 5.11 Å². The van der Waals surface area contributed by atoms with E-state index in [9.17, 15) is 5.11 Å². The largest absolute Gasteiger partial charge is 0.384 e. The Kier molecular flexibility index (Phi) is 3.77. The molecule has 0 aliphatic heterocycles. The van der Waals surface area contributed by atoms with Crippen LogP contribution in [0, 0.1) is 11.8 Å². The lowest BCUT2D eigenvalue weighted by molar-refractivity contribution is -0.0780. The fourth-order valence-electron chi connectivity index (χ4n) is 3.09. The minimum Gasteiger partial charge on any atom is -0.384 e. The van der Waals surface area contributed by atoms with Gasteiger partial charge in [0.05, 0.1) is 5.60 Å². The lowest BCUT2D eigenvalue weighted by atomic mass is 9.69. The zero-order valence-electron chi connectivity index (χ0n) is 10.8. The molecule has 1 aliphatic rings. The molecule has 1 heterocycles. The third kappa shape index (κ3) is 2.34. The third-order valence-electron chi connectivity index (χ3n) is 4.13. The smallest absolute Gasteiger partial charge is 0.115 e. The molecule has 2 rings (SSSR count). The van der Waals surface area contributed by atoms with E-state index in [1.807, 2.05) is 0 Å². The number of aliphatic hydroxyl groups is 1. The molecule has 1 fully saturated rings. The Morgan fingerprint density at radius 3 is 2.29 bits per heavy atom. The summed E-state index contributed by atoms with van der Waals surface area (Å²) in [6, 6.07) is 0. The molecule has 1 aliphatic carbocycles. The van der Waals surface area contributed by atoms with Crippen molar-refractivity contribution in [3.05, 3.63) is 24.3 Å². The second kappa shape index (κ2) is 5.13. The summed E-state index contributed by atoms with van der Waals surface area (Å²) >= 11 is 0. The van der Waals surface area contributed by atoms with Gasteiger partial charge in [-0.3, -0.25) is 0 Å². The van der Waals surface area contributed by atoms with Crippen LogP contribution in [0.25, 0.3) is 0 Å². The van der Waals surface area contributed by atoms with Gasteiger partial charge in [-0.15, -0.1) is 0 Å². The minimum atomic E-state index is -0.762. The van der Waals surface area contributed by atoms with Crippen molar-refractivity contribution >= 4 is 0 Å². The predicted molar refractivity (Wildman–Crippen MR) is 67.3 cm³/mol. The van der Waals surface area contributed by atoms with Gasteiger partial charge in [-0.05, 0) is 24.7 Å². The lowest BCUT2D eigenvalue weighted by Gasteiger charge is -2.41. The van der Waals surface area contributed by atoms with Crippen molar-refractivity contribution in [2.24, 2.45) is 11.8 Å². The van der Waals surface area contributed by atoms with E-state index in [2.05, 4.69) is 23.8 Å². The third-order valence-corrected chi connectivity index (χ3v) is 4.13. The molecular weight excluding hydrogens is 212 g/mol. The first-order valence-electron chi connectivity index (χ1n) is 6.63. The van der Waals surface area contributed by atoms with Crippen LogP contribution in [0.5, 0.6) is 0 Å². The molecule has 0 aromatic carbocycles. The quantitative estimate of drug-likeness (QED) is 0.874. The predicted octanol–water partition coefficient (Wildman–Crippen LogP) is 2.90. The molecule has 1 aromatic rings. The van der Waals surface area contributed by atoms with Crippen molar-refractivity contribution in [2.45, 2.75) is 51.6 Å². The summed E-state index contributed by atoms with van der Waals surface area (Å²) in [5, 5.41) is 11.1. The highest BCUT2D eigenvalue weighted by Crippen LogP contribution is 2.43. The van der Waals surface area contributed by atoms with E-state index >= 15 is 0 Å². The van der Waals surface area contributed by atoms with Gasteiger partial charge in [0.15, 0.2) is 0 Å². The van der Waals surface area contributed by atoms with E-state index in [4.69, 9.17) is 0 Å². The van der Waals surface area contributed by atoms with Crippen molar-refractivity contribution < 1.29 is 5.11 Å². The zero-order chi connectivity index (χ0) is 12.3. The maximum Gasteiger partial charge on any atom is 0.115 e. The van der Waals surface area contributed by atoms with Crippen molar-refractivity contribution in [2.75, 3.05) is 0 Å². The summed E-state index contributed by atoms with van der Waals surface area (Å²) in [6.45, 7) is 4.17. The van der Waals surface area contributed by atoms with Gasteiger partial charge in [0.25, 0.3) is 0 Å². The van der Waals surface area contributed by atoms with Crippen LogP contribution in [0.15, 0.2) is 18.7 Å². The molecule has 1 N–H and O–H groups in total. The Labute approximate surface area is 103 Å². The molecule has 0 saturated heterocycles.